The van der Waals surface area contributed by atoms with Crippen molar-refractivity contribution < 1.29 is 9.18 Å². The summed E-state index contributed by atoms with van der Waals surface area (Å²) in [6.45, 7) is 1.41. The zero-order valence-corrected chi connectivity index (χ0v) is 13.0. The molecule has 2 nitrogen and oxygen atoms in total. The van der Waals surface area contributed by atoms with Gasteiger partial charge in [-0.2, -0.15) is 0 Å². The highest BCUT2D eigenvalue weighted by Gasteiger charge is 2.28. The maximum Gasteiger partial charge on any atom is 0.253 e. The van der Waals surface area contributed by atoms with Crippen LogP contribution in [0.1, 0.15) is 28.3 Å². The molecule has 0 aromatic heterocycles. The van der Waals surface area contributed by atoms with Crippen LogP contribution in [0.5, 0.6) is 0 Å². The predicted molar refractivity (Wildman–Crippen MR) is 83.8 cm³/mol. The lowest BCUT2D eigenvalue weighted by atomic mass is 9.99. The number of halogens is 2. The Morgan fingerprint density at radius 2 is 1.95 bits per heavy atom. The summed E-state index contributed by atoms with van der Waals surface area (Å²) in [5.41, 5.74) is 1.67. The van der Waals surface area contributed by atoms with Gasteiger partial charge in [0.15, 0.2) is 0 Å². The van der Waals surface area contributed by atoms with Crippen LogP contribution in [-0.4, -0.2) is 23.9 Å². The van der Waals surface area contributed by atoms with E-state index in [-0.39, 0.29) is 5.91 Å². The third-order valence-corrected chi connectivity index (χ3v) is 4.56. The van der Waals surface area contributed by atoms with Crippen LogP contribution in [0.4, 0.5) is 4.39 Å². The van der Waals surface area contributed by atoms with Crippen molar-refractivity contribution in [1.82, 2.24) is 4.90 Å². The SMILES string of the molecule is O=C(c1ccc(Br)c(F)c1)N1CCC(c2ccccc2)C1. The van der Waals surface area contributed by atoms with E-state index in [0.717, 1.165) is 13.0 Å². The average Bonchev–Trinajstić information content (AvgIpc) is 3.00. The summed E-state index contributed by atoms with van der Waals surface area (Å²) in [6, 6.07) is 14.7. The predicted octanol–water partition coefficient (Wildman–Crippen LogP) is 4.22. The standard InChI is InChI=1S/C17H15BrFNO/c18-15-7-6-13(10-16(15)19)17(21)20-9-8-14(11-20)12-4-2-1-3-5-12/h1-7,10,14H,8-9,11H2. The fourth-order valence-corrected chi connectivity index (χ4v) is 3.00. The van der Waals surface area contributed by atoms with E-state index >= 15 is 0 Å². The first-order valence-corrected chi connectivity index (χ1v) is 7.74. The van der Waals surface area contributed by atoms with Crippen molar-refractivity contribution >= 4 is 21.8 Å². The van der Waals surface area contributed by atoms with Gasteiger partial charge in [-0.3, -0.25) is 4.79 Å². The van der Waals surface area contributed by atoms with Gasteiger partial charge in [-0.1, -0.05) is 30.3 Å². The molecule has 2 aromatic carbocycles. The average molecular weight is 348 g/mol. The highest BCUT2D eigenvalue weighted by atomic mass is 79.9. The quantitative estimate of drug-likeness (QED) is 0.796. The molecule has 108 valence electrons. The third-order valence-electron chi connectivity index (χ3n) is 3.91. The van der Waals surface area contributed by atoms with Crippen LogP contribution >= 0.6 is 15.9 Å². The number of carbonyl (C=O) groups is 1. The van der Waals surface area contributed by atoms with Gasteiger partial charge in [-0.05, 0) is 46.1 Å². The minimum absolute atomic E-state index is 0.0974. The van der Waals surface area contributed by atoms with Crippen molar-refractivity contribution in [2.45, 2.75) is 12.3 Å². The molecule has 4 heteroatoms. The normalized spacial score (nSPS) is 18.0. The Hall–Kier alpha value is -1.68. The minimum Gasteiger partial charge on any atom is -0.338 e. The van der Waals surface area contributed by atoms with Crippen molar-refractivity contribution in [3.8, 4) is 0 Å². The summed E-state index contributed by atoms with van der Waals surface area (Å²) in [7, 11) is 0. The summed E-state index contributed by atoms with van der Waals surface area (Å²) in [5.74, 6) is -0.130. The van der Waals surface area contributed by atoms with Crippen LogP contribution < -0.4 is 0 Å². The Morgan fingerprint density at radius 3 is 2.67 bits per heavy atom. The van der Waals surface area contributed by atoms with Gasteiger partial charge in [0.1, 0.15) is 5.82 Å². The Bertz CT molecular complexity index is 659. The van der Waals surface area contributed by atoms with E-state index < -0.39 is 5.82 Å². The molecule has 0 radical (unpaired) electrons. The smallest absolute Gasteiger partial charge is 0.253 e. The zero-order valence-electron chi connectivity index (χ0n) is 11.4. The summed E-state index contributed by atoms with van der Waals surface area (Å²) in [6.07, 6.45) is 0.953. The van der Waals surface area contributed by atoms with E-state index in [1.807, 2.05) is 18.2 Å². The molecule has 21 heavy (non-hydrogen) atoms. The molecule has 1 aliphatic heterocycles. The van der Waals surface area contributed by atoms with E-state index in [4.69, 9.17) is 0 Å². The van der Waals surface area contributed by atoms with Gasteiger partial charge >= 0.3 is 0 Å². The first-order chi connectivity index (χ1) is 10.1. The summed E-state index contributed by atoms with van der Waals surface area (Å²) >= 11 is 3.10. The molecule has 0 bridgehead atoms. The molecule has 0 N–H and O–H groups in total. The van der Waals surface area contributed by atoms with Gasteiger partial charge in [-0.15, -0.1) is 0 Å². The molecule has 2 aromatic rings. The molecule has 1 saturated heterocycles. The van der Waals surface area contributed by atoms with Gasteiger partial charge in [-0.25, -0.2) is 4.39 Å². The molecular formula is C17H15BrFNO. The fourth-order valence-electron chi connectivity index (χ4n) is 2.75. The maximum absolute atomic E-state index is 13.6. The second-order valence-corrected chi connectivity index (χ2v) is 6.13. The first-order valence-electron chi connectivity index (χ1n) is 6.94. The largest absolute Gasteiger partial charge is 0.338 e. The maximum atomic E-state index is 13.6. The van der Waals surface area contributed by atoms with Crippen LogP contribution in [0.2, 0.25) is 0 Å². The Kier molecular flexibility index (Phi) is 4.06. The molecule has 1 fully saturated rings. The van der Waals surface area contributed by atoms with Crippen LogP contribution in [-0.2, 0) is 0 Å². The van der Waals surface area contributed by atoms with E-state index in [9.17, 15) is 9.18 Å². The molecule has 1 atom stereocenters. The molecule has 1 heterocycles. The summed E-state index contributed by atoms with van der Waals surface area (Å²) in [5, 5.41) is 0. The molecule has 3 rings (SSSR count). The molecule has 0 saturated carbocycles. The second-order valence-electron chi connectivity index (χ2n) is 5.28. The van der Waals surface area contributed by atoms with E-state index in [1.165, 1.54) is 11.6 Å². The number of likely N-dealkylation sites (tertiary alicyclic amines) is 1. The Morgan fingerprint density at radius 1 is 1.19 bits per heavy atom. The van der Waals surface area contributed by atoms with Crippen LogP contribution in [0.3, 0.4) is 0 Å². The lowest BCUT2D eigenvalue weighted by Crippen LogP contribution is -2.28. The Balaban J connectivity index is 1.74. The Labute approximate surface area is 131 Å². The number of carbonyl (C=O) groups excluding carboxylic acids is 1. The number of amides is 1. The van der Waals surface area contributed by atoms with Gasteiger partial charge in [0.25, 0.3) is 5.91 Å². The van der Waals surface area contributed by atoms with Crippen molar-refractivity contribution in [3.63, 3.8) is 0 Å². The van der Waals surface area contributed by atoms with Crippen molar-refractivity contribution in [2.24, 2.45) is 0 Å². The number of nitrogens with zero attached hydrogens (tertiary/aromatic N) is 1. The molecule has 1 unspecified atom stereocenters. The van der Waals surface area contributed by atoms with Crippen molar-refractivity contribution in [2.75, 3.05) is 13.1 Å². The second kappa shape index (κ2) is 5.98. The van der Waals surface area contributed by atoms with Crippen molar-refractivity contribution in [1.29, 1.82) is 0 Å². The zero-order chi connectivity index (χ0) is 14.8. The molecule has 0 aliphatic carbocycles. The van der Waals surface area contributed by atoms with Gasteiger partial charge in [0.2, 0.25) is 0 Å². The number of benzene rings is 2. The summed E-state index contributed by atoms with van der Waals surface area (Å²) in [4.78, 5) is 14.2. The lowest BCUT2D eigenvalue weighted by molar-refractivity contribution is 0.0790. The molecule has 0 spiro atoms. The van der Waals surface area contributed by atoms with Crippen LogP contribution in [0.25, 0.3) is 0 Å². The number of rotatable bonds is 2. The van der Waals surface area contributed by atoms with Crippen LogP contribution in [0.15, 0.2) is 53.0 Å². The lowest BCUT2D eigenvalue weighted by Gasteiger charge is -2.17. The molecule has 1 amide bonds. The molecular weight excluding hydrogens is 333 g/mol. The third kappa shape index (κ3) is 3.00. The van der Waals surface area contributed by atoms with Gasteiger partial charge in [0.05, 0.1) is 4.47 Å². The molecule has 1 aliphatic rings. The highest BCUT2D eigenvalue weighted by Crippen LogP contribution is 2.28. The van der Waals surface area contributed by atoms with E-state index in [0.29, 0.717) is 22.5 Å². The van der Waals surface area contributed by atoms with Crippen LogP contribution in [0, 0.1) is 5.82 Å². The van der Waals surface area contributed by atoms with E-state index in [2.05, 4.69) is 28.1 Å². The van der Waals surface area contributed by atoms with Crippen molar-refractivity contribution in [3.05, 3.63) is 69.9 Å². The highest BCUT2D eigenvalue weighted by molar-refractivity contribution is 9.10. The first kappa shape index (κ1) is 14.3. The van der Waals surface area contributed by atoms with E-state index in [1.54, 1.807) is 17.0 Å². The summed E-state index contributed by atoms with van der Waals surface area (Å²) < 4.78 is 13.9. The van der Waals surface area contributed by atoms with Gasteiger partial charge in [0, 0.05) is 24.6 Å². The number of hydrogen-bond acceptors (Lipinski definition) is 1. The van der Waals surface area contributed by atoms with Gasteiger partial charge < -0.3 is 4.90 Å². The fraction of sp³-hybridized carbons (Fsp3) is 0.235. The number of hydrogen-bond donors (Lipinski definition) is 0. The topological polar surface area (TPSA) is 20.3 Å². The monoisotopic (exact) mass is 347 g/mol. The minimum atomic E-state index is -0.403.